The summed E-state index contributed by atoms with van der Waals surface area (Å²) in [5.41, 5.74) is 2.76. The molecule has 1 saturated heterocycles. The van der Waals surface area contributed by atoms with E-state index in [-0.39, 0.29) is 12.4 Å². The van der Waals surface area contributed by atoms with Crippen molar-refractivity contribution >= 4 is 17.3 Å². The van der Waals surface area contributed by atoms with Crippen LogP contribution in [-0.4, -0.2) is 37.9 Å². The molecule has 0 amide bonds. The van der Waals surface area contributed by atoms with Gasteiger partial charge in [0.1, 0.15) is 23.1 Å². The summed E-state index contributed by atoms with van der Waals surface area (Å²) < 4.78 is 28.1. The van der Waals surface area contributed by atoms with Gasteiger partial charge in [-0.2, -0.15) is 0 Å². The number of thiazole rings is 1. The van der Waals surface area contributed by atoms with Gasteiger partial charge in [-0.3, -0.25) is 4.79 Å². The molecule has 0 unspecified atom stereocenters. The van der Waals surface area contributed by atoms with Crippen LogP contribution < -0.4 is 9.47 Å². The molecule has 3 aromatic rings. The van der Waals surface area contributed by atoms with E-state index >= 15 is 0 Å². The number of hydrogen-bond acceptors (Lipinski definition) is 8. The number of ether oxygens (including phenoxy) is 5. The van der Waals surface area contributed by atoms with Crippen molar-refractivity contribution in [1.82, 2.24) is 4.98 Å². The van der Waals surface area contributed by atoms with Gasteiger partial charge in [-0.1, -0.05) is 24.3 Å². The highest BCUT2D eigenvalue weighted by Crippen LogP contribution is 2.41. The van der Waals surface area contributed by atoms with Crippen LogP contribution in [0.1, 0.15) is 29.3 Å². The molecule has 7 nitrogen and oxygen atoms in total. The van der Waals surface area contributed by atoms with E-state index in [4.69, 9.17) is 23.7 Å². The fraction of sp³-hybridized carbons (Fsp3) is 0.333. The molecular weight excluding hydrogens is 430 g/mol. The minimum atomic E-state index is -0.521. The Bertz CT molecular complexity index is 1040. The van der Waals surface area contributed by atoms with Gasteiger partial charge >= 0.3 is 5.97 Å². The van der Waals surface area contributed by atoms with Gasteiger partial charge in [-0.15, -0.1) is 11.3 Å². The highest BCUT2D eigenvalue weighted by molar-refractivity contribution is 7.15. The number of hydrogen-bond donors (Lipinski definition) is 0. The maximum atomic E-state index is 11.8. The summed E-state index contributed by atoms with van der Waals surface area (Å²) in [6.07, 6.45) is 1.39. The fourth-order valence-corrected chi connectivity index (χ4v) is 4.33. The van der Waals surface area contributed by atoms with E-state index in [1.807, 2.05) is 42.5 Å². The Kier molecular flexibility index (Phi) is 7.36. The Labute approximate surface area is 190 Å². The minimum absolute atomic E-state index is 0.151. The van der Waals surface area contributed by atoms with Gasteiger partial charge in [-0.05, 0) is 30.7 Å². The first kappa shape index (κ1) is 22.3. The van der Waals surface area contributed by atoms with Crippen molar-refractivity contribution < 1.29 is 28.5 Å². The molecule has 8 heteroatoms. The lowest BCUT2D eigenvalue weighted by molar-refractivity contribution is -0.142. The number of carbonyl (C=O) groups is 1. The van der Waals surface area contributed by atoms with Crippen molar-refractivity contribution in [3.8, 4) is 21.9 Å². The molecule has 0 saturated carbocycles. The van der Waals surface area contributed by atoms with Gasteiger partial charge in [0.25, 0.3) is 0 Å². The molecule has 1 aliphatic heterocycles. The largest absolute Gasteiger partial charge is 0.497 e. The summed E-state index contributed by atoms with van der Waals surface area (Å²) in [6.45, 7) is 3.58. The van der Waals surface area contributed by atoms with Gasteiger partial charge in [0, 0.05) is 11.8 Å². The van der Waals surface area contributed by atoms with Crippen LogP contribution in [0.4, 0.5) is 0 Å². The van der Waals surface area contributed by atoms with E-state index < -0.39 is 6.29 Å². The normalized spacial score (nSPS) is 13.8. The highest BCUT2D eigenvalue weighted by atomic mass is 32.1. The van der Waals surface area contributed by atoms with Crippen molar-refractivity contribution in [2.45, 2.75) is 26.2 Å². The second kappa shape index (κ2) is 10.6. The van der Waals surface area contributed by atoms with Crippen molar-refractivity contribution in [3.63, 3.8) is 0 Å². The van der Waals surface area contributed by atoms with Crippen LogP contribution in [-0.2, 0) is 32.0 Å². The summed E-state index contributed by atoms with van der Waals surface area (Å²) in [5.74, 6) is 1.20. The Morgan fingerprint density at radius 3 is 2.66 bits per heavy atom. The number of nitrogens with zero attached hydrogens (tertiary/aromatic N) is 1. The number of esters is 1. The van der Waals surface area contributed by atoms with Gasteiger partial charge < -0.3 is 23.7 Å². The number of benzene rings is 2. The van der Waals surface area contributed by atoms with Crippen molar-refractivity contribution in [3.05, 3.63) is 64.8 Å². The molecule has 2 aromatic carbocycles. The molecule has 2 heterocycles. The van der Waals surface area contributed by atoms with Crippen LogP contribution in [0.2, 0.25) is 0 Å². The van der Waals surface area contributed by atoms with Crippen molar-refractivity contribution in [1.29, 1.82) is 0 Å². The number of rotatable bonds is 9. The highest BCUT2D eigenvalue weighted by Gasteiger charge is 2.27. The van der Waals surface area contributed by atoms with Gasteiger partial charge in [-0.25, -0.2) is 4.98 Å². The molecule has 0 atom stereocenters. The zero-order chi connectivity index (χ0) is 22.3. The summed E-state index contributed by atoms with van der Waals surface area (Å²) in [4.78, 5) is 17.1. The topological polar surface area (TPSA) is 76.1 Å². The Balaban J connectivity index is 1.60. The first-order valence-electron chi connectivity index (χ1n) is 10.4. The molecule has 1 aliphatic rings. The number of aromatic nitrogens is 1. The number of carbonyl (C=O) groups excluding carboxylic acids is 1. The maximum Gasteiger partial charge on any atom is 0.312 e. The molecular formula is C24H25NO6S. The molecule has 0 radical (unpaired) electrons. The Morgan fingerprint density at radius 1 is 1.16 bits per heavy atom. The summed E-state index contributed by atoms with van der Waals surface area (Å²) in [7, 11) is 1.64. The summed E-state index contributed by atoms with van der Waals surface area (Å²) in [6, 6.07) is 13.6. The third kappa shape index (κ3) is 5.27. The van der Waals surface area contributed by atoms with Crippen LogP contribution in [0.5, 0.6) is 11.5 Å². The minimum Gasteiger partial charge on any atom is -0.497 e. The zero-order valence-corrected chi connectivity index (χ0v) is 18.9. The van der Waals surface area contributed by atoms with E-state index in [1.54, 1.807) is 20.2 Å². The molecule has 4 rings (SSSR count). The van der Waals surface area contributed by atoms with E-state index in [0.717, 1.165) is 27.3 Å². The average Bonchev–Trinajstić information content (AvgIpc) is 3.50. The average molecular weight is 456 g/mol. The summed E-state index contributed by atoms with van der Waals surface area (Å²) in [5, 5.41) is 0.696. The van der Waals surface area contributed by atoms with Crippen LogP contribution in [0.15, 0.2) is 48.7 Å². The SMILES string of the molecule is CCOC(=O)Cc1ncc(-c2cccc(OCc3ccc(OC)cc3)c2C2OCCO2)s1. The van der Waals surface area contributed by atoms with Crippen molar-refractivity contribution in [2.24, 2.45) is 0 Å². The van der Waals surface area contributed by atoms with E-state index in [1.165, 1.54) is 11.3 Å². The van der Waals surface area contributed by atoms with Crippen LogP contribution in [0.3, 0.4) is 0 Å². The molecule has 0 spiro atoms. The molecule has 0 aliphatic carbocycles. The molecule has 32 heavy (non-hydrogen) atoms. The van der Waals surface area contributed by atoms with Gasteiger partial charge in [0.2, 0.25) is 0 Å². The second-order valence-corrected chi connectivity index (χ2v) is 8.14. The molecule has 168 valence electrons. The van der Waals surface area contributed by atoms with Crippen LogP contribution in [0.25, 0.3) is 10.4 Å². The van der Waals surface area contributed by atoms with Crippen molar-refractivity contribution in [2.75, 3.05) is 26.9 Å². The predicted molar refractivity (Wildman–Crippen MR) is 120 cm³/mol. The Hall–Kier alpha value is -2.94. The lowest BCUT2D eigenvalue weighted by Gasteiger charge is -2.19. The van der Waals surface area contributed by atoms with Crippen LogP contribution in [0, 0.1) is 0 Å². The van der Waals surface area contributed by atoms with E-state index in [9.17, 15) is 4.79 Å². The third-order valence-corrected chi connectivity index (χ3v) is 5.93. The lowest BCUT2D eigenvalue weighted by atomic mass is 10.0. The first-order chi connectivity index (χ1) is 15.7. The quantitative estimate of drug-likeness (QED) is 0.438. The summed E-state index contributed by atoms with van der Waals surface area (Å²) >= 11 is 1.45. The predicted octanol–water partition coefficient (Wildman–Crippen LogP) is 4.55. The van der Waals surface area contributed by atoms with E-state index in [0.29, 0.717) is 37.2 Å². The smallest absolute Gasteiger partial charge is 0.312 e. The standard InChI is InChI=1S/C24H25NO6S/c1-3-28-22(26)13-21-25-14-20(32-21)18-5-4-6-19(23(18)24-29-11-12-30-24)31-15-16-7-9-17(27-2)10-8-16/h4-10,14,24H,3,11-13,15H2,1-2H3. The fourth-order valence-electron chi connectivity index (χ4n) is 3.39. The lowest BCUT2D eigenvalue weighted by Crippen LogP contribution is -2.06. The third-order valence-electron chi connectivity index (χ3n) is 4.90. The molecule has 1 aromatic heterocycles. The number of methoxy groups -OCH3 is 1. The zero-order valence-electron chi connectivity index (χ0n) is 18.0. The monoisotopic (exact) mass is 455 g/mol. The van der Waals surface area contributed by atoms with Crippen LogP contribution >= 0.6 is 11.3 Å². The molecule has 1 fully saturated rings. The maximum absolute atomic E-state index is 11.8. The Morgan fingerprint density at radius 2 is 1.94 bits per heavy atom. The second-order valence-electron chi connectivity index (χ2n) is 7.03. The van der Waals surface area contributed by atoms with Gasteiger partial charge in [0.05, 0.1) is 43.8 Å². The molecule has 0 N–H and O–H groups in total. The van der Waals surface area contributed by atoms with E-state index in [2.05, 4.69) is 4.98 Å². The van der Waals surface area contributed by atoms with Gasteiger partial charge in [0.15, 0.2) is 6.29 Å². The first-order valence-corrected chi connectivity index (χ1v) is 11.2. The molecule has 0 bridgehead atoms.